The summed E-state index contributed by atoms with van der Waals surface area (Å²) in [4.78, 5) is 28.5. The molecule has 0 bridgehead atoms. The van der Waals surface area contributed by atoms with E-state index in [0.29, 0.717) is 33.2 Å². The number of rotatable bonds is 3. The minimum Gasteiger partial charge on any atom is -0.268 e. The van der Waals surface area contributed by atoms with Gasteiger partial charge in [0.15, 0.2) is 0 Å². The Hall–Kier alpha value is -3.45. The SMILES string of the molecule is CC(C)c1cccc(C(C)C)c1N1C(=O)c2cccc3c(C#N)ccc(c23)C1=O. The Balaban J connectivity index is 2.04. The lowest BCUT2D eigenvalue weighted by Gasteiger charge is -2.32. The standard InChI is InChI=1S/C25H22N2O2/c1-14(2)17-7-5-8-18(15(3)4)23(17)27-24(28)20-10-6-9-19-16(13-26)11-12-21(22(19)20)25(27)29/h5-12,14-15H,1-4H3. The normalized spacial score (nSPS) is 13.5. The Morgan fingerprint density at radius 2 is 1.34 bits per heavy atom. The number of amides is 2. The first-order chi connectivity index (χ1) is 13.9. The molecule has 2 amide bonds. The fourth-order valence-electron chi connectivity index (χ4n) is 4.17. The number of nitrogens with zero attached hydrogens (tertiary/aromatic N) is 2. The molecule has 1 heterocycles. The van der Waals surface area contributed by atoms with Crippen LogP contribution in [0.5, 0.6) is 0 Å². The van der Waals surface area contributed by atoms with Gasteiger partial charge in [-0.05, 0) is 41.2 Å². The van der Waals surface area contributed by atoms with Crippen molar-refractivity contribution in [2.24, 2.45) is 0 Å². The Morgan fingerprint density at radius 3 is 1.90 bits per heavy atom. The van der Waals surface area contributed by atoms with Gasteiger partial charge in [0, 0.05) is 21.9 Å². The molecule has 4 nitrogen and oxygen atoms in total. The van der Waals surface area contributed by atoms with Crippen LogP contribution >= 0.6 is 0 Å². The lowest BCUT2D eigenvalue weighted by atomic mass is 9.88. The summed E-state index contributed by atoms with van der Waals surface area (Å²) >= 11 is 0. The van der Waals surface area contributed by atoms with Crippen molar-refractivity contribution in [1.82, 2.24) is 0 Å². The molecule has 3 aromatic carbocycles. The minimum absolute atomic E-state index is 0.155. The molecule has 4 rings (SSSR count). The van der Waals surface area contributed by atoms with Crippen molar-refractivity contribution in [1.29, 1.82) is 5.26 Å². The maximum atomic E-state index is 13.6. The van der Waals surface area contributed by atoms with Crippen molar-refractivity contribution >= 4 is 28.3 Å². The zero-order valence-corrected chi connectivity index (χ0v) is 17.0. The molecule has 0 fully saturated rings. The second kappa shape index (κ2) is 6.86. The van der Waals surface area contributed by atoms with Gasteiger partial charge in [-0.1, -0.05) is 58.0 Å². The molecule has 3 aromatic rings. The van der Waals surface area contributed by atoms with Gasteiger partial charge in [-0.3, -0.25) is 9.59 Å². The predicted octanol–water partition coefficient (Wildman–Crippen LogP) is 5.76. The summed E-state index contributed by atoms with van der Waals surface area (Å²) in [6.45, 7) is 8.26. The van der Waals surface area contributed by atoms with E-state index in [9.17, 15) is 14.9 Å². The monoisotopic (exact) mass is 382 g/mol. The third-order valence-electron chi connectivity index (χ3n) is 5.59. The van der Waals surface area contributed by atoms with Crippen molar-refractivity contribution in [3.05, 3.63) is 76.3 Å². The Morgan fingerprint density at radius 1 is 0.793 bits per heavy atom. The molecule has 4 heteroatoms. The number of nitriles is 1. The highest BCUT2D eigenvalue weighted by Gasteiger charge is 2.37. The third kappa shape index (κ3) is 2.74. The second-order valence-electron chi connectivity index (χ2n) is 8.04. The molecule has 1 aliphatic rings. The van der Waals surface area contributed by atoms with Crippen LogP contribution in [0.1, 0.15) is 76.9 Å². The van der Waals surface area contributed by atoms with Crippen molar-refractivity contribution < 1.29 is 9.59 Å². The van der Waals surface area contributed by atoms with Crippen LogP contribution in [-0.4, -0.2) is 11.8 Å². The van der Waals surface area contributed by atoms with Gasteiger partial charge in [0.25, 0.3) is 11.8 Å². The summed E-state index contributed by atoms with van der Waals surface area (Å²) in [6.07, 6.45) is 0. The average Bonchev–Trinajstić information content (AvgIpc) is 2.71. The highest BCUT2D eigenvalue weighted by molar-refractivity contribution is 6.36. The Kier molecular flexibility index (Phi) is 4.47. The molecular weight excluding hydrogens is 360 g/mol. The first-order valence-corrected chi connectivity index (χ1v) is 9.84. The largest absolute Gasteiger partial charge is 0.268 e. The van der Waals surface area contributed by atoms with E-state index in [0.717, 1.165) is 11.1 Å². The topological polar surface area (TPSA) is 61.2 Å². The lowest BCUT2D eigenvalue weighted by molar-refractivity contribution is 0.0893. The van der Waals surface area contributed by atoms with Crippen molar-refractivity contribution in [2.45, 2.75) is 39.5 Å². The molecule has 0 radical (unpaired) electrons. The van der Waals surface area contributed by atoms with E-state index in [1.54, 1.807) is 30.3 Å². The van der Waals surface area contributed by atoms with Crippen molar-refractivity contribution in [3.8, 4) is 6.07 Å². The second-order valence-corrected chi connectivity index (χ2v) is 8.04. The van der Waals surface area contributed by atoms with Gasteiger partial charge in [-0.2, -0.15) is 5.26 Å². The minimum atomic E-state index is -0.335. The number of benzene rings is 3. The van der Waals surface area contributed by atoms with Crippen LogP contribution < -0.4 is 4.90 Å². The molecule has 0 atom stereocenters. The number of hydrogen-bond donors (Lipinski definition) is 0. The summed E-state index contributed by atoms with van der Waals surface area (Å²) in [7, 11) is 0. The number of imide groups is 1. The average molecular weight is 382 g/mol. The lowest BCUT2D eigenvalue weighted by Crippen LogP contribution is -2.41. The van der Waals surface area contributed by atoms with Gasteiger partial charge in [0.05, 0.1) is 17.3 Å². The Labute approximate surface area is 170 Å². The fourth-order valence-corrected chi connectivity index (χ4v) is 4.17. The van der Waals surface area contributed by atoms with Gasteiger partial charge in [0.2, 0.25) is 0 Å². The highest BCUT2D eigenvalue weighted by Crippen LogP contribution is 2.40. The highest BCUT2D eigenvalue weighted by atomic mass is 16.2. The molecule has 144 valence electrons. The van der Waals surface area contributed by atoms with Crippen LogP contribution in [-0.2, 0) is 0 Å². The van der Waals surface area contributed by atoms with Crippen LogP contribution in [0.4, 0.5) is 5.69 Å². The number of anilines is 1. The maximum absolute atomic E-state index is 13.6. The number of para-hydroxylation sites is 1. The molecule has 0 unspecified atom stereocenters. The summed E-state index contributed by atoms with van der Waals surface area (Å²) in [5.41, 5.74) is 4.03. The zero-order valence-electron chi connectivity index (χ0n) is 17.0. The fraction of sp³-hybridized carbons (Fsp3) is 0.240. The zero-order chi connectivity index (χ0) is 20.9. The van der Waals surface area contributed by atoms with E-state index in [1.807, 2.05) is 18.2 Å². The summed E-state index contributed by atoms with van der Waals surface area (Å²) in [6, 6.07) is 16.7. The molecule has 0 spiro atoms. The first kappa shape index (κ1) is 18.9. The number of carbonyl (C=O) groups excluding carboxylic acids is 2. The molecule has 29 heavy (non-hydrogen) atoms. The predicted molar refractivity (Wildman–Crippen MR) is 114 cm³/mol. The molecule has 0 aromatic heterocycles. The molecule has 1 aliphatic heterocycles. The smallest absolute Gasteiger partial charge is 0.266 e. The van der Waals surface area contributed by atoms with Gasteiger partial charge in [-0.25, -0.2) is 4.90 Å². The van der Waals surface area contributed by atoms with E-state index in [4.69, 9.17) is 0 Å². The van der Waals surface area contributed by atoms with E-state index in [1.165, 1.54) is 4.90 Å². The van der Waals surface area contributed by atoms with Crippen LogP contribution in [0.2, 0.25) is 0 Å². The number of hydrogen-bond acceptors (Lipinski definition) is 3. The van der Waals surface area contributed by atoms with E-state index >= 15 is 0 Å². The van der Waals surface area contributed by atoms with Crippen LogP contribution in [0.3, 0.4) is 0 Å². The van der Waals surface area contributed by atoms with E-state index in [2.05, 4.69) is 33.8 Å². The quantitative estimate of drug-likeness (QED) is 0.541. The molecule has 0 aliphatic carbocycles. The Bertz CT molecular complexity index is 1170. The summed E-state index contributed by atoms with van der Waals surface area (Å²) in [5, 5.41) is 10.7. The maximum Gasteiger partial charge on any atom is 0.266 e. The summed E-state index contributed by atoms with van der Waals surface area (Å²) in [5.74, 6) is -0.360. The van der Waals surface area contributed by atoms with Crippen LogP contribution in [0, 0.1) is 11.3 Å². The van der Waals surface area contributed by atoms with Gasteiger partial charge >= 0.3 is 0 Å². The summed E-state index contributed by atoms with van der Waals surface area (Å²) < 4.78 is 0. The molecule has 0 saturated carbocycles. The first-order valence-electron chi connectivity index (χ1n) is 9.84. The van der Waals surface area contributed by atoms with Gasteiger partial charge < -0.3 is 0 Å². The van der Waals surface area contributed by atoms with Crippen molar-refractivity contribution in [3.63, 3.8) is 0 Å². The van der Waals surface area contributed by atoms with E-state index in [-0.39, 0.29) is 23.7 Å². The molecule has 0 saturated heterocycles. The van der Waals surface area contributed by atoms with Gasteiger partial charge in [0.1, 0.15) is 0 Å². The van der Waals surface area contributed by atoms with E-state index < -0.39 is 0 Å². The van der Waals surface area contributed by atoms with Crippen molar-refractivity contribution in [2.75, 3.05) is 4.90 Å². The molecule has 0 N–H and O–H groups in total. The van der Waals surface area contributed by atoms with Gasteiger partial charge in [-0.15, -0.1) is 0 Å². The van der Waals surface area contributed by atoms with Crippen LogP contribution in [0.15, 0.2) is 48.5 Å². The van der Waals surface area contributed by atoms with Crippen LogP contribution in [0.25, 0.3) is 10.8 Å². The number of carbonyl (C=O) groups is 2. The third-order valence-corrected chi connectivity index (χ3v) is 5.59. The molecular formula is C25H22N2O2.